The summed E-state index contributed by atoms with van der Waals surface area (Å²) in [5.74, 6) is -0.136. The fourth-order valence-electron chi connectivity index (χ4n) is 2.64. The first-order valence-electron chi connectivity index (χ1n) is 8.40. The minimum atomic E-state index is -0.549. The molecule has 3 aromatic carbocycles. The summed E-state index contributed by atoms with van der Waals surface area (Å²) in [5, 5.41) is 2.58. The molecular formula is C22H21O2P. The molecule has 0 heterocycles. The van der Waals surface area contributed by atoms with E-state index in [-0.39, 0.29) is 5.97 Å². The second-order valence-corrected chi connectivity index (χ2v) is 8.06. The molecule has 0 atom stereocenters. The van der Waals surface area contributed by atoms with Crippen LogP contribution in [0.3, 0.4) is 0 Å². The Morgan fingerprint density at radius 3 is 1.72 bits per heavy atom. The molecule has 0 aliphatic rings. The number of carbonyl (C=O) groups excluding carboxylic acids is 1. The van der Waals surface area contributed by atoms with Gasteiger partial charge in [0.1, 0.15) is 6.61 Å². The molecule has 0 bridgehead atoms. The number of hydrogen-bond acceptors (Lipinski definition) is 2. The summed E-state index contributed by atoms with van der Waals surface area (Å²) in [6, 6.07) is 30.7. The first-order valence-corrected chi connectivity index (χ1v) is 9.93. The second-order valence-electron chi connectivity index (χ2n) is 5.72. The highest BCUT2D eigenvalue weighted by Crippen LogP contribution is 2.34. The summed E-state index contributed by atoms with van der Waals surface area (Å²) in [4.78, 5) is 12.2. The summed E-state index contributed by atoms with van der Waals surface area (Å²) in [6.07, 6.45) is 1.24. The van der Waals surface area contributed by atoms with Gasteiger partial charge in [-0.05, 0) is 30.3 Å². The van der Waals surface area contributed by atoms with Gasteiger partial charge < -0.3 is 4.74 Å². The number of esters is 1. The van der Waals surface area contributed by atoms with Gasteiger partial charge in [0.2, 0.25) is 0 Å². The monoisotopic (exact) mass is 348 g/mol. The molecular weight excluding hydrogens is 327 g/mol. The summed E-state index contributed by atoms with van der Waals surface area (Å²) >= 11 is 0. The molecule has 0 saturated heterocycles. The van der Waals surface area contributed by atoms with Crippen molar-refractivity contribution < 1.29 is 9.53 Å². The van der Waals surface area contributed by atoms with E-state index < -0.39 is 7.92 Å². The molecule has 3 heteroatoms. The molecule has 0 N–H and O–H groups in total. The fourth-order valence-corrected chi connectivity index (χ4v) is 4.92. The molecule has 0 aliphatic carbocycles. The van der Waals surface area contributed by atoms with Crippen LogP contribution in [0.1, 0.15) is 12.0 Å². The van der Waals surface area contributed by atoms with Crippen LogP contribution in [0.25, 0.3) is 0 Å². The Kier molecular flexibility index (Phi) is 6.36. The van der Waals surface area contributed by atoms with Crippen LogP contribution < -0.4 is 10.6 Å². The number of benzene rings is 3. The summed E-state index contributed by atoms with van der Waals surface area (Å²) in [7, 11) is -0.549. The number of ether oxygens (including phenoxy) is 1. The van der Waals surface area contributed by atoms with Crippen molar-refractivity contribution in [2.24, 2.45) is 0 Å². The highest BCUT2D eigenvalue weighted by atomic mass is 31.1. The minimum absolute atomic E-state index is 0.136. The van der Waals surface area contributed by atoms with E-state index in [1.54, 1.807) is 0 Å². The average molecular weight is 348 g/mol. The van der Waals surface area contributed by atoms with Gasteiger partial charge >= 0.3 is 5.97 Å². The maximum Gasteiger partial charge on any atom is 0.306 e. The third kappa shape index (κ3) is 5.27. The van der Waals surface area contributed by atoms with Gasteiger partial charge in [0.05, 0.1) is 6.42 Å². The molecule has 0 aliphatic heterocycles. The SMILES string of the molecule is O=C(CCP(c1ccccc1)c1ccccc1)OCc1ccccc1. The van der Waals surface area contributed by atoms with Crippen molar-refractivity contribution >= 4 is 24.5 Å². The summed E-state index contributed by atoms with van der Waals surface area (Å²) < 4.78 is 5.42. The largest absolute Gasteiger partial charge is 0.461 e. The maximum atomic E-state index is 12.2. The molecule has 3 aromatic rings. The lowest BCUT2D eigenvalue weighted by Gasteiger charge is -2.18. The minimum Gasteiger partial charge on any atom is -0.461 e. The molecule has 0 amide bonds. The van der Waals surface area contributed by atoms with Crippen molar-refractivity contribution in [2.45, 2.75) is 13.0 Å². The summed E-state index contributed by atoms with van der Waals surface area (Å²) in [6.45, 7) is 0.342. The Labute approximate surface area is 150 Å². The van der Waals surface area contributed by atoms with Gasteiger partial charge in [-0.15, -0.1) is 0 Å². The van der Waals surface area contributed by atoms with Gasteiger partial charge in [-0.2, -0.15) is 0 Å². The molecule has 0 fully saturated rings. The topological polar surface area (TPSA) is 26.3 Å². The number of hydrogen-bond donors (Lipinski definition) is 0. The van der Waals surface area contributed by atoms with Crippen LogP contribution in [0.5, 0.6) is 0 Å². The zero-order valence-corrected chi connectivity index (χ0v) is 14.9. The van der Waals surface area contributed by atoms with Crippen molar-refractivity contribution in [3.8, 4) is 0 Å². The van der Waals surface area contributed by atoms with Crippen molar-refractivity contribution in [3.63, 3.8) is 0 Å². The van der Waals surface area contributed by atoms with Crippen LogP contribution in [0.15, 0.2) is 91.0 Å². The number of carbonyl (C=O) groups is 1. The Balaban J connectivity index is 1.62. The molecule has 0 spiro atoms. The Hall–Kier alpha value is -2.44. The predicted molar refractivity (Wildman–Crippen MR) is 105 cm³/mol. The maximum absolute atomic E-state index is 12.2. The quantitative estimate of drug-likeness (QED) is 0.471. The zero-order chi connectivity index (χ0) is 17.3. The van der Waals surface area contributed by atoms with Gasteiger partial charge in [-0.1, -0.05) is 91.0 Å². The Bertz CT molecular complexity index is 733. The van der Waals surface area contributed by atoms with E-state index in [2.05, 4.69) is 48.5 Å². The molecule has 0 radical (unpaired) electrons. The van der Waals surface area contributed by atoms with Gasteiger partial charge in [-0.25, -0.2) is 0 Å². The normalized spacial score (nSPS) is 10.6. The highest BCUT2D eigenvalue weighted by Gasteiger charge is 2.15. The average Bonchev–Trinajstić information content (AvgIpc) is 2.69. The Morgan fingerprint density at radius 2 is 1.20 bits per heavy atom. The van der Waals surface area contributed by atoms with E-state index in [0.29, 0.717) is 13.0 Å². The first-order chi connectivity index (χ1) is 12.3. The third-order valence-corrected chi connectivity index (χ3v) is 6.43. The first kappa shape index (κ1) is 17.4. The van der Waals surface area contributed by atoms with E-state index in [1.807, 2.05) is 42.5 Å². The van der Waals surface area contributed by atoms with Crippen LogP contribution in [-0.2, 0) is 16.1 Å². The van der Waals surface area contributed by atoms with Crippen LogP contribution in [0.2, 0.25) is 0 Å². The van der Waals surface area contributed by atoms with E-state index in [9.17, 15) is 4.79 Å². The standard InChI is InChI=1S/C22H21O2P/c23-22(24-18-19-10-4-1-5-11-19)16-17-25(20-12-6-2-7-13-20)21-14-8-3-9-15-21/h1-15H,16-18H2. The molecule has 126 valence electrons. The molecule has 0 unspecified atom stereocenters. The zero-order valence-electron chi connectivity index (χ0n) is 14.0. The molecule has 3 rings (SSSR count). The molecule has 25 heavy (non-hydrogen) atoms. The lowest BCUT2D eigenvalue weighted by Crippen LogP contribution is -2.16. The van der Waals surface area contributed by atoms with E-state index >= 15 is 0 Å². The lowest BCUT2D eigenvalue weighted by molar-refractivity contribution is -0.144. The molecule has 0 aromatic heterocycles. The van der Waals surface area contributed by atoms with Crippen molar-refractivity contribution in [1.29, 1.82) is 0 Å². The predicted octanol–water partition coefficient (Wildman–Crippen LogP) is 4.25. The van der Waals surface area contributed by atoms with Crippen LogP contribution in [0, 0.1) is 0 Å². The van der Waals surface area contributed by atoms with Gasteiger partial charge in [0.15, 0.2) is 0 Å². The lowest BCUT2D eigenvalue weighted by atomic mass is 10.2. The second kappa shape index (κ2) is 9.15. The Morgan fingerprint density at radius 1 is 0.720 bits per heavy atom. The third-order valence-electron chi connectivity index (χ3n) is 3.92. The van der Waals surface area contributed by atoms with Crippen LogP contribution >= 0.6 is 7.92 Å². The smallest absolute Gasteiger partial charge is 0.306 e. The van der Waals surface area contributed by atoms with E-state index in [4.69, 9.17) is 4.74 Å². The summed E-state index contributed by atoms with van der Waals surface area (Å²) in [5.41, 5.74) is 1.02. The van der Waals surface area contributed by atoms with Crippen LogP contribution in [0.4, 0.5) is 0 Å². The molecule has 2 nitrogen and oxygen atoms in total. The van der Waals surface area contributed by atoms with E-state index in [0.717, 1.165) is 11.7 Å². The van der Waals surface area contributed by atoms with Crippen molar-refractivity contribution in [3.05, 3.63) is 96.6 Å². The van der Waals surface area contributed by atoms with Gasteiger partial charge in [-0.3, -0.25) is 4.79 Å². The van der Waals surface area contributed by atoms with Gasteiger partial charge in [0.25, 0.3) is 0 Å². The highest BCUT2D eigenvalue weighted by molar-refractivity contribution is 7.73. The van der Waals surface area contributed by atoms with E-state index in [1.165, 1.54) is 10.6 Å². The molecule has 0 saturated carbocycles. The van der Waals surface area contributed by atoms with Crippen molar-refractivity contribution in [2.75, 3.05) is 6.16 Å². The van der Waals surface area contributed by atoms with Crippen molar-refractivity contribution in [1.82, 2.24) is 0 Å². The fraction of sp³-hybridized carbons (Fsp3) is 0.136. The van der Waals surface area contributed by atoms with Crippen LogP contribution in [-0.4, -0.2) is 12.1 Å². The number of rotatable bonds is 7. The van der Waals surface area contributed by atoms with Gasteiger partial charge in [0, 0.05) is 0 Å².